The van der Waals surface area contributed by atoms with Crippen LogP contribution in [0.4, 0.5) is 15.8 Å². The number of aromatic nitrogens is 1. The van der Waals surface area contributed by atoms with Gasteiger partial charge in [-0.1, -0.05) is 18.5 Å². The van der Waals surface area contributed by atoms with Gasteiger partial charge >= 0.3 is 0 Å². The van der Waals surface area contributed by atoms with Crippen LogP contribution < -0.4 is 11.1 Å². The van der Waals surface area contributed by atoms with Gasteiger partial charge in [0.2, 0.25) is 0 Å². The maximum absolute atomic E-state index is 13.3. The lowest BCUT2D eigenvalue weighted by molar-refractivity contribution is 0.628. The van der Waals surface area contributed by atoms with Gasteiger partial charge in [-0.2, -0.15) is 0 Å². The molecule has 1 aromatic heterocycles. The molecule has 0 amide bonds. The third kappa shape index (κ3) is 2.91. The second-order valence-corrected chi connectivity index (χ2v) is 5.34. The molecule has 0 saturated heterocycles. The first-order valence-electron chi connectivity index (χ1n) is 5.45. The molecule has 2 aromatic rings. The number of hydrogen-bond acceptors (Lipinski definition) is 4. The van der Waals surface area contributed by atoms with Crippen LogP contribution in [0.5, 0.6) is 0 Å². The maximum Gasteiger partial charge on any atom is 0.143 e. The average molecular weight is 286 g/mol. The highest BCUT2D eigenvalue weighted by molar-refractivity contribution is 7.09. The van der Waals surface area contributed by atoms with E-state index >= 15 is 0 Å². The van der Waals surface area contributed by atoms with E-state index in [0.29, 0.717) is 17.9 Å². The molecule has 18 heavy (non-hydrogen) atoms. The Kier molecular flexibility index (Phi) is 4.04. The summed E-state index contributed by atoms with van der Waals surface area (Å²) < 4.78 is 13.3. The Labute approximate surface area is 114 Å². The molecular formula is C12H13ClFN3S. The van der Waals surface area contributed by atoms with Crippen LogP contribution >= 0.6 is 22.9 Å². The smallest absolute Gasteiger partial charge is 0.143 e. The summed E-state index contributed by atoms with van der Waals surface area (Å²) >= 11 is 7.24. The summed E-state index contributed by atoms with van der Waals surface area (Å²) in [6, 6.07) is 2.72. The predicted octanol–water partition coefficient (Wildman–Crippen LogP) is 3.73. The van der Waals surface area contributed by atoms with Crippen molar-refractivity contribution in [3.8, 4) is 0 Å². The summed E-state index contributed by atoms with van der Waals surface area (Å²) in [5, 5.41) is 6.12. The van der Waals surface area contributed by atoms with Crippen LogP contribution in [0.25, 0.3) is 0 Å². The molecule has 2 rings (SSSR count). The van der Waals surface area contributed by atoms with E-state index in [1.165, 1.54) is 12.1 Å². The Balaban J connectivity index is 2.04. The number of nitrogens with one attached hydrogen (secondary N) is 1. The number of nitrogen functional groups attached to an aromatic ring is 1. The number of anilines is 2. The second kappa shape index (κ2) is 5.54. The molecule has 1 aromatic carbocycles. The van der Waals surface area contributed by atoms with Gasteiger partial charge < -0.3 is 11.1 Å². The van der Waals surface area contributed by atoms with Crippen molar-refractivity contribution in [2.45, 2.75) is 12.8 Å². The van der Waals surface area contributed by atoms with Crippen molar-refractivity contribution in [2.24, 2.45) is 0 Å². The maximum atomic E-state index is 13.3. The van der Waals surface area contributed by atoms with Crippen LogP contribution in [0, 0.1) is 5.82 Å². The Hall–Kier alpha value is -1.33. The normalized spacial score (nSPS) is 12.4. The zero-order valence-electron chi connectivity index (χ0n) is 9.78. The van der Waals surface area contributed by atoms with Crippen molar-refractivity contribution in [1.82, 2.24) is 4.98 Å². The molecule has 1 heterocycles. The largest absolute Gasteiger partial charge is 0.397 e. The first-order valence-corrected chi connectivity index (χ1v) is 6.71. The van der Waals surface area contributed by atoms with Gasteiger partial charge in [0.05, 0.1) is 21.4 Å². The van der Waals surface area contributed by atoms with Gasteiger partial charge in [-0.3, -0.25) is 0 Å². The molecule has 1 atom stereocenters. The Morgan fingerprint density at radius 3 is 3.00 bits per heavy atom. The molecule has 0 aliphatic heterocycles. The molecule has 0 radical (unpaired) electrons. The van der Waals surface area contributed by atoms with Crippen molar-refractivity contribution in [1.29, 1.82) is 0 Å². The van der Waals surface area contributed by atoms with Crippen molar-refractivity contribution in [2.75, 3.05) is 17.6 Å². The Morgan fingerprint density at radius 1 is 1.56 bits per heavy atom. The minimum absolute atomic E-state index is 0.0334. The zero-order valence-corrected chi connectivity index (χ0v) is 11.4. The van der Waals surface area contributed by atoms with E-state index in [-0.39, 0.29) is 10.9 Å². The minimum atomic E-state index is -0.477. The lowest BCUT2D eigenvalue weighted by atomic mass is 10.2. The zero-order chi connectivity index (χ0) is 13.1. The van der Waals surface area contributed by atoms with Gasteiger partial charge in [0, 0.05) is 30.1 Å². The molecular weight excluding hydrogens is 273 g/mol. The van der Waals surface area contributed by atoms with Crippen molar-refractivity contribution in [3.63, 3.8) is 0 Å². The summed E-state index contributed by atoms with van der Waals surface area (Å²) in [6.45, 7) is 2.69. The van der Waals surface area contributed by atoms with Crippen LogP contribution in [0.1, 0.15) is 17.8 Å². The van der Waals surface area contributed by atoms with Crippen LogP contribution in [-0.2, 0) is 0 Å². The summed E-state index contributed by atoms with van der Waals surface area (Å²) in [6.07, 6.45) is 1.77. The first kappa shape index (κ1) is 13.1. The predicted molar refractivity (Wildman–Crippen MR) is 74.8 cm³/mol. The summed E-state index contributed by atoms with van der Waals surface area (Å²) in [5.41, 5.74) is 6.76. The molecule has 0 spiro atoms. The summed E-state index contributed by atoms with van der Waals surface area (Å²) in [5.74, 6) is -0.238. The standard InChI is InChI=1S/C12H13ClFN3S/c1-7(12-16-2-3-18-12)6-17-11-5-9(14)8(13)4-10(11)15/h2-5,7,17H,6,15H2,1H3. The van der Waals surface area contributed by atoms with E-state index in [9.17, 15) is 4.39 Å². The fourth-order valence-electron chi connectivity index (χ4n) is 1.54. The average Bonchev–Trinajstić information content (AvgIpc) is 2.85. The highest BCUT2D eigenvalue weighted by atomic mass is 35.5. The first-order chi connectivity index (χ1) is 8.58. The summed E-state index contributed by atoms with van der Waals surface area (Å²) in [7, 11) is 0. The van der Waals surface area contributed by atoms with Gasteiger partial charge in [-0.15, -0.1) is 11.3 Å². The van der Waals surface area contributed by atoms with E-state index in [2.05, 4.69) is 10.3 Å². The monoisotopic (exact) mass is 285 g/mol. The third-order valence-electron chi connectivity index (χ3n) is 2.56. The SMILES string of the molecule is CC(CNc1cc(F)c(Cl)cc1N)c1nccs1. The molecule has 96 valence electrons. The molecule has 3 N–H and O–H groups in total. The lowest BCUT2D eigenvalue weighted by Gasteiger charge is -2.13. The number of halogens is 2. The van der Waals surface area contributed by atoms with E-state index < -0.39 is 5.82 Å². The minimum Gasteiger partial charge on any atom is -0.397 e. The third-order valence-corrected chi connectivity index (χ3v) is 3.86. The number of nitrogens with zero attached hydrogens (tertiary/aromatic N) is 1. The molecule has 0 saturated carbocycles. The highest BCUT2D eigenvalue weighted by Gasteiger charge is 2.10. The van der Waals surface area contributed by atoms with Crippen molar-refractivity contribution in [3.05, 3.63) is 39.6 Å². The van der Waals surface area contributed by atoms with Crippen LogP contribution in [0.2, 0.25) is 5.02 Å². The molecule has 0 aliphatic carbocycles. The van der Waals surface area contributed by atoms with E-state index in [1.807, 2.05) is 12.3 Å². The molecule has 6 heteroatoms. The Morgan fingerprint density at radius 2 is 2.33 bits per heavy atom. The quantitative estimate of drug-likeness (QED) is 0.842. The lowest BCUT2D eigenvalue weighted by Crippen LogP contribution is -2.11. The highest BCUT2D eigenvalue weighted by Crippen LogP contribution is 2.27. The van der Waals surface area contributed by atoms with Gasteiger partial charge in [-0.25, -0.2) is 9.37 Å². The van der Waals surface area contributed by atoms with Gasteiger partial charge in [0.15, 0.2) is 0 Å². The number of thiazole rings is 1. The second-order valence-electron chi connectivity index (χ2n) is 4.01. The van der Waals surface area contributed by atoms with Crippen LogP contribution in [0.3, 0.4) is 0 Å². The van der Waals surface area contributed by atoms with Crippen molar-refractivity contribution >= 4 is 34.3 Å². The van der Waals surface area contributed by atoms with Gasteiger partial charge in [-0.05, 0) is 6.07 Å². The molecule has 0 fully saturated rings. The number of hydrogen-bond donors (Lipinski definition) is 2. The van der Waals surface area contributed by atoms with Gasteiger partial charge in [0.1, 0.15) is 5.82 Å². The van der Waals surface area contributed by atoms with Crippen LogP contribution in [-0.4, -0.2) is 11.5 Å². The number of benzene rings is 1. The van der Waals surface area contributed by atoms with Gasteiger partial charge in [0.25, 0.3) is 0 Å². The van der Waals surface area contributed by atoms with E-state index in [1.54, 1.807) is 17.5 Å². The number of rotatable bonds is 4. The fraction of sp³-hybridized carbons (Fsp3) is 0.250. The van der Waals surface area contributed by atoms with Crippen LogP contribution in [0.15, 0.2) is 23.7 Å². The summed E-state index contributed by atoms with van der Waals surface area (Å²) in [4.78, 5) is 4.23. The van der Waals surface area contributed by atoms with E-state index in [0.717, 1.165) is 5.01 Å². The molecule has 0 aliphatic rings. The Bertz CT molecular complexity index is 530. The molecule has 1 unspecified atom stereocenters. The molecule has 0 bridgehead atoms. The van der Waals surface area contributed by atoms with Crippen molar-refractivity contribution < 1.29 is 4.39 Å². The molecule has 3 nitrogen and oxygen atoms in total. The number of nitrogens with two attached hydrogens (primary N) is 1. The fourth-order valence-corrected chi connectivity index (χ4v) is 2.41. The van der Waals surface area contributed by atoms with E-state index in [4.69, 9.17) is 17.3 Å². The topological polar surface area (TPSA) is 50.9 Å².